The van der Waals surface area contributed by atoms with E-state index >= 15 is 0 Å². The lowest BCUT2D eigenvalue weighted by Gasteiger charge is -2.45. The highest BCUT2D eigenvalue weighted by molar-refractivity contribution is 6.33. The zero-order valence-electron chi connectivity index (χ0n) is 22.3. The molecule has 0 saturated carbocycles. The Morgan fingerprint density at radius 1 is 1.13 bits per heavy atom. The van der Waals surface area contributed by atoms with Crippen molar-refractivity contribution >= 4 is 34.8 Å². The second-order valence-electron chi connectivity index (χ2n) is 10.1. The molecule has 0 radical (unpaired) electrons. The fourth-order valence-corrected chi connectivity index (χ4v) is 5.23. The van der Waals surface area contributed by atoms with Gasteiger partial charge in [0.25, 0.3) is 5.91 Å². The van der Waals surface area contributed by atoms with Gasteiger partial charge in [0.15, 0.2) is 0 Å². The van der Waals surface area contributed by atoms with Crippen LogP contribution in [0.1, 0.15) is 34.6 Å². The van der Waals surface area contributed by atoms with Crippen molar-refractivity contribution in [2.45, 2.75) is 18.6 Å². The average Bonchev–Trinajstić information content (AvgIpc) is 2.92. The number of carbonyl (C=O) groups is 1. The van der Waals surface area contributed by atoms with Crippen molar-refractivity contribution < 1.29 is 19.7 Å². The van der Waals surface area contributed by atoms with E-state index in [9.17, 15) is 9.90 Å². The smallest absolute Gasteiger partial charge is 0.254 e. The van der Waals surface area contributed by atoms with Gasteiger partial charge in [-0.15, -0.1) is 0 Å². The van der Waals surface area contributed by atoms with Crippen molar-refractivity contribution in [3.63, 3.8) is 0 Å². The van der Waals surface area contributed by atoms with Gasteiger partial charge in [0.2, 0.25) is 0 Å². The molecule has 1 saturated heterocycles. The molecule has 2 heterocycles. The van der Waals surface area contributed by atoms with Gasteiger partial charge in [-0.05, 0) is 48.9 Å². The van der Waals surface area contributed by atoms with Crippen molar-refractivity contribution in [3.05, 3.63) is 87.7 Å². The Morgan fingerprint density at radius 3 is 2.49 bits per heavy atom. The highest BCUT2D eigenvalue weighted by atomic mass is 35.5. The maximum atomic E-state index is 12.2. The molecule has 1 aliphatic heterocycles. The fourth-order valence-electron chi connectivity index (χ4n) is 4.83. The average molecular weight is 574 g/mol. The van der Waals surface area contributed by atoms with Crippen molar-refractivity contribution in [1.29, 1.82) is 0 Å². The normalized spacial score (nSPS) is 17.5. The Balaban J connectivity index is 1.55. The SMILES string of the molecule is CN(C)C(=O)c1ccc([C@](C)(O)CN2CCN(c3ccc(OCCO)cc3Cl)[C@H](c3ccc(Cl)cc3)C2)nc1. The minimum absolute atomic E-state index is 0.0541. The Hall–Kier alpha value is -2.88. The number of benzene rings is 2. The number of β-amino-alcohol motifs (C(OH)–C–C–N with tert-alkyl or cyclic N) is 1. The van der Waals surface area contributed by atoms with Gasteiger partial charge in [0.05, 0.1) is 34.6 Å². The van der Waals surface area contributed by atoms with Crippen LogP contribution < -0.4 is 9.64 Å². The molecule has 1 aromatic heterocycles. The fraction of sp³-hybridized carbons (Fsp3) is 0.379. The first-order chi connectivity index (χ1) is 18.6. The molecule has 2 N–H and O–H groups in total. The van der Waals surface area contributed by atoms with Gasteiger partial charge in [0.1, 0.15) is 18.0 Å². The number of pyridine rings is 1. The molecular weight excluding hydrogens is 539 g/mol. The highest BCUT2D eigenvalue weighted by Gasteiger charge is 2.34. The number of anilines is 1. The molecule has 8 nitrogen and oxygen atoms in total. The van der Waals surface area contributed by atoms with Gasteiger partial charge in [0, 0.05) is 57.6 Å². The number of piperazine rings is 1. The van der Waals surface area contributed by atoms with Crippen LogP contribution >= 0.6 is 23.2 Å². The number of rotatable bonds is 9. The van der Waals surface area contributed by atoms with E-state index in [-0.39, 0.29) is 25.2 Å². The van der Waals surface area contributed by atoms with E-state index in [1.54, 1.807) is 39.2 Å². The minimum Gasteiger partial charge on any atom is -0.491 e. The summed E-state index contributed by atoms with van der Waals surface area (Å²) in [6.07, 6.45) is 1.51. The van der Waals surface area contributed by atoms with E-state index in [0.29, 0.717) is 53.2 Å². The van der Waals surface area contributed by atoms with E-state index < -0.39 is 5.60 Å². The summed E-state index contributed by atoms with van der Waals surface area (Å²) in [6.45, 7) is 4.23. The van der Waals surface area contributed by atoms with Gasteiger partial charge < -0.3 is 24.7 Å². The van der Waals surface area contributed by atoms with Crippen LogP contribution in [0.25, 0.3) is 0 Å². The Kier molecular flexibility index (Phi) is 9.35. The Morgan fingerprint density at radius 2 is 1.87 bits per heavy atom. The van der Waals surface area contributed by atoms with Gasteiger partial charge in [-0.25, -0.2) is 0 Å². The topological polar surface area (TPSA) is 89.4 Å². The monoisotopic (exact) mass is 572 g/mol. The number of aromatic nitrogens is 1. The van der Waals surface area contributed by atoms with E-state index in [1.807, 2.05) is 36.4 Å². The van der Waals surface area contributed by atoms with E-state index in [4.69, 9.17) is 33.0 Å². The van der Waals surface area contributed by atoms with Crippen LogP contribution in [-0.2, 0) is 5.60 Å². The highest BCUT2D eigenvalue weighted by Crippen LogP contribution is 2.38. The summed E-state index contributed by atoms with van der Waals surface area (Å²) >= 11 is 12.9. The zero-order chi connectivity index (χ0) is 28.2. The lowest BCUT2D eigenvalue weighted by atomic mass is 9.97. The summed E-state index contributed by atoms with van der Waals surface area (Å²) in [7, 11) is 3.38. The van der Waals surface area contributed by atoms with Crippen molar-refractivity contribution in [1.82, 2.24) is 14.8 Å². The van der Waals surface area contributed by atoms with Crippen LogP contribution in [0.5, 0.6) is 5.75 Å². The summed E-state index contributed by atoms with van der Waals surface area (Å²) in [4.78, 5) is 22.6. The third kappa shape index (κ3) is 7.01. The molecule has 3 aromatic rings. The predicted molar refractivity (Wildman–Crippen MR) is 154 cm³/mol. The number of carbonyl (C=O) groups excluding carboxylic acids is 1. The van der Waals surface area contributed by atoms with Gasteiger partial charge >= 0.3 is 0 Å². The molecule has 0 unspecified atom stereocenters. The summed E-state index contributed by atoms with van der Waals surface area (Å²) in [5, 5.41) is 21.7. The van der Waals surface area contributed by atoms with Crippen LogP contribution in [0.4, 0.5) is 5.69 Å². The largest absolute Gasteiger partial charge is 0.491 e. The number of nitrogens with zero attached hydrogens (tertiary/aromatic N) is 4. The summed E-state index contributed by atoms with van der Waals surface area (Å²) in [6, 6.07) is 16.7. The van der Waals surface area contributed by atoms with Crippen LogP contribution in [0.2, 0.25) is 10.0 Å². The molecule has 1 amide bonds. The Labute approximate surface area is 239 Å². The number of aliphatic hydroxyl groups excluding tert-OH is 1. The van der Waals surface area contributed by atoms with Crippen LogP contribution in [0, 0.1) is 0 Å². The predicted octanol–water partition coefficient (Wildman–Crippen LogP) is 4.23. The number of hydrogen-bond acceptors (Lipinski definition) is 7. The maximum Gasteiger partial charge on any atom is 0.254 e. The molecular formula is C29H34Cl2N4O4. The molecule has 1 fully saturated rings. The lowest BCUT2D eigenvalue weighted by Crippen LogP contribution is -2.52. The molecule has 0 bridgehead atoms. The van der Waals surface area contributed by atoms with E-state index in [2.05, 4.69) is 14.8 Å². The summed E-state index contributed by atoms with van der Waals surface area (Å²) in [5.41, 5.74) is 1.70. The maximum absolute atomic E-state index is 12.2. The first kappa shape index (κ1) is 29.1. The molecule has 39 heavy (non-hydrogen) atoms. The molecule has 10 heteroatoms. The van der Waals surface area contributed by atoms with Crippen molar-refractivity contribution in [2.75, 3.05) is 58.4 Å². The standard InChI is InChI=1S/C29H34Cl2N4O4/c1-29(38,27-11-6-21(17-32-27)28(37)33(2)3)19-34-12-13-35(26(18-34)20-4-7-22(30)8-5-20)25-10-9-23(16-24(25)31)39-15-14-36/h4-11,16-17,26,36,38H,12-15,18-19H2,1-3H3/t26-,29+/m0/s1. The second kappa shape index (κ2) is 12.5. The van der Waals surface area contributed by atoms with Crippen molar-refractivity contribution in [3.8, 4) is 5.75 Å². The number of amides is 1. The summed E-state index contributed by atoms with van der Waals surface area (Å²) in [5.74, 6) is 0.462. The third-order valence-electron chi connectivity index (χ3n) is 6.81. The zero-order valence-corrected chi connectivity index (χ0v) is 23.9. The number of ether oxygens (including phenoxy) is 1. The number of halogens is 2. The van der Waals surface area contributed by atoms with Crippen molar-refractivity contribution in [2.24, 2.45) is 0 Å². The van der Waals surface area contributed by atoms with E-state index in [1.165, 1.54) is 11.1 Å². The molecule has 4 rings (SSSR count). The molecule has 1 aliphatic rings. The van der Waals surface area contributed by atoms with Gasteiger partial charge in [-0.3, -0.25) is 14.7 Å². The molecule has 0 spiro atoms. The summed E-state index contributed by atoms with van der Waals surface area (Å²) < 4.78 is 5.52. The first-order valence-electron chi connectivity index (χ1n) is 12.8. The molecule has 0 aliphatic carbocycles. The minimum atomic E-state index is -1.23. The molecule has 2 aromatic carbocycles. The quantitative estimate of drug-likeness (QED) is 0.396. The first-order valence-corrected chi connectivity index (χ1v) is 13.5. The molecule has 2 atom stereocenters. The van der Waals surface area contributed by atoms with Crippen LogP contribution in [-0.4, -0.2) is 84.4 Å². The number of aliphatic hydroxyl groups is 2. The van der Waals surface area contributed by atoms with Gasteiger partial charge in [-0.2, -0.15) is 0 Å². The van der Waals surface area contributed by atoms with Gasteiger partial charge in [-0.1, -0.05) is 35.3 Å². The number of hydrogen-bond donors (Lipinski definition) is 2. The lowest BCUT2D eigenvalue weighted by molar-refractivity contribution is 0.00673. The molecule has 208 valence electrons. The Bertz CT molecular complexity index is 1270. The van der Waals surface area contributed by atoms with E-state index in [0.717, 1.165) is 11.3 Å². The second-order valence-corrected chi connectivity index (χ2v) is 10.9. The third-order valence-corrected chi connectivity index (χ3v) is 7.36. The van der Waals surface area contributed by atoms with Crippen LogP contribution in [0.15, 0.2) is 60.8 Å². The van der Waals surface area contributed by atoms with Crippen LogP contribution in [0.3, 0.4) is 0 Å².